The quantitative estimate of drug-likeness (QED) is 0.731. The number of alkyl halides is 3. The third-order valence-corrected chi connectivity index (χ3v) is 4.10. The van der Waals surface area contributed by atoms with Crippen LogP contribution in [0.3, 0.4) is 0 Å². The molecular formula is C20H20F3NO4. The van der Waals surface area contributed by atoms with Crippen molar-refractivity contribution < 1.29 is 32.2 Å². The Bertz CT molecular complexity index is 791. The van der Waals surface area contributed by atoms with Crippen LogP contribution in [0.25, 0.3) is 0 Å². The topological polar surface area (TPSA) is 64.6 Å². The molecule has 2 aromatic rings. The molecule has 0 spiro atoms. The molecule has 0 aliphatic rings. The number of halogens is 3. The van der Waals surface area contributed by atoms with E-state index >= 15 is 0 Å². The Morgan fingerprint density at radius 1 is 1.00 bits per heavy atom. The Kier molecular flexibility index (Phi) is 7.17. The van der Waals surface area contributed by atoms with Crippen LogP contribution in [0, 0.1) is 0 Å². The maximum absolute atomic E-state index is 12.7. The molecule has 0 saturated carbocycles. The van der Waals surface area contributed by atoms with Gasteiger partial charge in [0.05, 0.1) is 12.7 Å². The molecule has 5 nitrogen and oxygen atoms in total. The monoisotopic (exact) mass is 395 g/mol. The number of benzene rings is 2. The van der Waals surface area contributed by atoms with Crippen molar-refractivity contribution in [2.24, 2.45) is 0 Å². The van der Waals surface area contributed by atoms with Gasteiger partial charge >= 0.3 is 12.1 Å². The molecule has 0 aromatic heterocycles. The summed E-state index contributed by atoms with van der Waals surface area (Å²) in [5, 5.41) is 2.55. The molecule has 0 saturated heterocycles. The average molecular weight is 395 g/mol. The first-order valence-electron chi connectivity index (χ1n) is 8.38. The summed E-state index contributed by atoms with van der Waals surface area (Å²) in [5.41, 5.74) is 0.247. The van der Waals surface area contributed by atoms with Crippen LogP contribution in [0.2, 0.25) is 0 Å². The van der Waals surface area contributed by atoms with E-state index in [0.717, 1.165) is 12.1 Å². The van der Waals surface area contributed by atoms with Gasteiger partial charge in [-0.25, -0.2) is 4.79 Å². The van der Waals surface area contributed by atoms with Crippen LogP contribution in [-0.2, 0) is 31.7 Å². The molecule has 0 bridgehead atoms. The lowest BCUT2D eigenvalue weighted by Gasteiger charge is -2.21. The third kappa shape index (κ3) is 5.56. The van der Waals surface area contributed by atoms with Gasteiger partial charge in [0.15, 0.2) is 6.10 Å². The first-order chi connectivity index (χ1) is 13.3. The highest BCUT2D eigenvalue weighted by molar-refractivity contribution is 5.87. The van der Waals surface area contributed by atoms with Gasteiger partial charge in [-0.15, -0.1) is 0 Å². The second kappa shape index (κ2) is 9.36. The second-order valence-electron chi connectivity index (χ2n) is 6.01. The van der Waals surface area contributed by atoms with Crippen molar-refractivity contribution in [1.82, 2.24) is 5.32 Å². The number of rotatable bonds is 7. The summed E-state index contributed by atoms with van der Waals surface area (Å²) in [5.74, 6) is -1.27. The van der Waals surface area contributed by atoms with Crippen molar-refractivity contribution in [2.75, 3.05) is 14.2 Å². The summed E-state index contributed by atoms with van der Waals surface area (Å²) in [4.78, 5) is 24.7. The fourth-order valence-electron chi connectivity index (χ4n) is 2.67. The predicted molar refractivity (Wildman–Crippen MR) is 95.3 cm³/mol. The number of hydrogen-bond acceptors (Lipinski definition) is 4. The van der Waals surface area contributed by atoms with Gasteiger partial charge in [0.25, 0.3) is 5.91 Å². The highest BCUT2D eigenvalue weighted by Crippen LogP contribution is 2.29. The molecule has 2 atom stereocenters. The van der Waals surface area contributed by atoms with E-state index in [1.807, 2.05) is 0 Å². The molecule has 0 unspecified atom stereocenters. The van der Waals surface area contributed by atoms with Crippen molar-refractivity contribution in [3.8, 4) is 0 Å². The molecule has 0 radical (unpaired) electrons. The van der Waals surface area contributed by atoms with Crippen molar-refractivity contribution in [2.45, 2.75) is 24.7 Å². The van der Waals surface area contributed by atoms with Crippen LogP contribution >= 0.6 is 0 Å². The van der Waals surface area contributed by atoms with E-state index in [1.165, 1.54) is 26.4 Å². The highest BCUT2D eigenvalue weighted by atomic mass is 19.4. The Hall–Kier alpha value is -2.87. The van der Waals surface area contributed by atoms with Crippen molar-refractivity contribution in [1.29, 1.82) is 0 Å². The number of methoxy groups -OCH3 is 2. The summed E-state index contributed by atoms with van der Waals surface area (Å²) in [6, 6.07) is 12.0. The maximum atomic E-state index is 12.7. The molecule has 0 aliphatic heterocycles. The van der Waals surface area contributed by atoms with E-state index in [9.17, 15) is 22.8 Å². The highest BCUT2D eigenvalue weighted by Gasteiger charge is 2.31. The van der Waals surface area contributed by atoms with Gasteiger partial charge in [0.1, 0.15) is 6.04 Å². The van der Waals surface area contributed by atoms with Crippen LogP contribution in [0.4, 0.5) is 13.2 Å². The van der Waals surface area contributed by atoms with Crippen LogP contribution < -0.4 is 5.32 Å². The van der Waals surface area contributed by atoms with Crippen molar-refractivity contribution >= 4 is 11.9 Å². The Morgan fingerprint density at radius 2 is 1.61 bits per heavy atom. The minimum Gasteiger partial charge on any atom is -0.467 e. The zero-order valence-corrected chi connectivity index (χ0v) is 15.3. The number of amides is 1. The van der Waals surface area contributed by atoms with Crippen molar-refractivity contribution in [3.63, 3.8) is 0 Å². The van der Waals surface area contributed by atoms with Crippen LogP contribution in [-0.4, -0.2) is 32.1 Å². The Labute approximate surface area is 160 Å². The van der Waals surface area contributed by atoms with E-state index in [1.54, 1.807) is 30.3 Å². The summed E-state index contributed by atoms with van der Waals surface area (Å²) in [7, 11) is 2.53. The zero-order chi connectivity index (χ0) is 20.7. The second-order valence-corrected chi connectivity index (χ2v) is 6.01. The standard InChI is InChI=1S/C20H20F3NO4/c1-27-17(14-6-4-3-5-7-14)18(25)24-16(19(26)28-2)12-13-8-10-15(11-9-13)20(21,22)23/h3-11,16-17H,12H2,1-2H3,(H,24,25)/t16-,17-/m1/s1. The Balaban J connectivity index is 2.15. The molecule has 1 N–H and O–H groups in total. The van der Waals surface area contributed by atoms with Gasteiger partial charge in [-0.3, -0.25) is 4.79 Å². The Morgan fingerprint density at radius 3 is 2.11 bits per heavy atom. The number of nitrogens with one attached hydrogen (secondary N) is 1. The maximum Gasteiger partial charge on any atom is 0.416 e. The molecular weight excluding hydrogens is 375 g/mol. The first-order valence-corrected chi connectivity index (χ1v) is 8.38. The molecule has 150 valence electrons. The normalized spacial score (nSPS) is 13.5. The number of esters is 1. The number of ether oxygens (including phenoxy) is 2. The molecule has 28 heavy (non-hydrogen) atoms. The molecule has 0 aliphatic carbocycles. The van der Waals surface area contributed by atoms with Crippen LogP contribution in [0.15, 0.2) is 54.6 Å². The van der Waals surface area contributed by atoms with E-state index in [-0.39, 0.29) is 6.42 Å². The molecule has 1 amide bonds. The van der Waals surface area contributed by atoms with Gasteiger partial charge in [0.2, 0.25) is 0 Å². The lowest BCUT2D eigenvalue weighted by Crippen LogP contribution is -2.45. The minimum absolute atomic E-state index is 0.0260. The van der Waals surface area contributed by atoms with Crippen molar-refractivity contribution in [3.05, 3.63) is 71.3 Å². The first kappa shape index (κ1) is 21.4. The summed E-state index contributed by atoms with van der Waals surface area (Å²) in [6.07, 6.45) is -5.42. The fourth-order valence-corrected chi connectivity index (χ4v) is 2.67. The van der Waals surface area contributed by atoms with Crippen LogP contribution in [0.5, 0.6) is 0 Å². The molecule has 0 heterocycles. The fraction of sp³-hybridized carbons (Fsp3) is 0.300. The lowest BCUT2D eigenvalue weighted by atomic mass is 10.0. The SMILES string of the molecule is COC(=O)[C@@H](Cc1ccc(C(F)(F)F)cc1)NC(=O)[C@H](OC)c1ccccc1. The number of carbonyl (C=O) groups excluding carboxylic acids is 2. The third-order valence-electron chi connectivity index (χ3n) is 4.10. The summed E-state index contributed by atoms with van der Waals surface area (Å²) in [6.45, 7) is 0. The molecule has 8 heteroatoms. The van der Waals surface area contributed by atoms with E-state index in [0.29, 0.717) is 11.1 Å². The summed E-state index contributed by atoms with van der Waals surface area (Å²) < 4.78 is 48.0. The molecule has 2 aromatic carbocycles. The van der Waals surface area contributed by atoms with Gasteiger partial charge < -0.3 is 14.8 Å². The van der Waals surface area contributed by atoms with Gasteiger partial charge in [0, 0.05) is 13.5 Å². The minimum atomic E-state index is -4.45. The predicted octanol–water partition coefficient (Wildman–Crippen LogP) is 3.29. The number of carbonyl (C=O) groups is 2. The molecule has 0 fully saturated rings. The number of hydrogen-bond donors (Lipinski definition) is 1. The smallest absolute Gasteiger partial charge is 0.416 e. The van der Waals surface area contributed by atoms with Gasteiger partial charge in [-0.05, 0) is 23.3 Å². The average Bonchev–Trinajstić information content (AvgIpc) is 2.68. The van der Waals surface area contributed by atoms with E-state index in [4.69, 9.17) is 9.47 Å². The lowest BCUT2D eigenvalue weighted by molar-refractivity contribution is -0.146. The van der Waals surface area contributed by atoms with Gasteiger partial charge in [-0.2, -0.15) is 13.2 Å². The van der Waals surface area contributed by atoms with E-state index in [2.05, 4.69) is 5.32 Å². The van der Waals surface area contributed by atoms with E-state index < -0.39 is 35.8 Å². The van der Waals surface area contributed by atoms with Crippen LogP contribution in [0.1, 0.15) is 22.8 Å². The largest absolute Gasteiger partial charge is 0.467 e. The molecule has 2 rings (SSSR count). The van der Waals surface area contributed by atoms with Gasteiger partial charge in [-0.1, -0.05) is 42.5 Å². The summed E-state index contributed by atoms with van der Waals surface area (Å²) >= 11 is 0. The zero-order valence-electron chi connectivity index (χ0n) is 15.3.